The van der Waals surface area contributed by atoms with E-state index in [1.807, 2.05) is 0 Å². The number of likely N-dealkylation sites (N-methyl/N-ethyl adjacent to an activating group) is 2. The smallest absolute Gasteiger partial charge is 0.0251 e. The molecule has 0 aliphatic heterocycles. The quantitative estimate of drug-likeness (QED) is 0.775. The lowest BCUT2D eigenvalue weighted by Crippen LogP contribution is -2.53. The van der Waals surface area contributed by atoms with E-state index < -0.39 is 0 Å². The molecule has 0 amide bonds. The van der Waals surface area contributed by atoms with Crippen molar-refractivity contribution >= 4 is 0 Å². The Hall–Kier alpha value is -0.0800. The monoisotopic (exact) mass is 226 g/mol. The molecule has 0 aromatic carbocycles. The normalized spacial score (nSPS) is 33.0. The molecule has 1 saturated carbocycles. The second-order valence-corrected chi connectivity index (χ2v) is 5.47. The lowest BCUT2D eigenvalue weighted by molar-refractivity contribution is 0.0897. The van der Waals surface area contributed by atoms with Crippen LogP contribution in [0.4, 0.5) is 0 Å². The van der Waals surface area contributed by atoms with E-state index in [2.05, 4.69) is 45.1 Å². The first-order chi connectivity index (χ1) is 7.63. The van der Waals surface area contributed by atoms with Gasteiger partial charge in [0, 0.05) is 18.1 Å². The van der Waals surface area contributed by atoms with Gasteiger partial charge in [-0.15, -0.1) is 0 Å². The van der Waals surface area contributed by atoms with Crippen molar-refractivity contribution in [2.45, 2.75) is 71.0 Å². The van der Waals surface area contributed by atoms with Crippen LogP contribution in [-0.2, 0) is 0 Å². The van der Waals surface area contributed by atoms with Gasteiger partial charge in [0.15, 0.2) is 0 Å². The molecule has 0 bridgehead atoms. The highest BCUT2D eigenvalue weighted by Gasteiger charge is 2.32. The molecule has 4 unspecified atom stereocenters. The van der Waals surface area contributed by atoms with Crippen LogP contribution in [-0.4, -0.2) is 37.1 Å². The molecule has 0 radical (unpaired) electrons. The van der Waals surface area contributed by atoms with Crippen LogP contribution < -0.4 is 5.32 Å². The second kappa shape index (κ2) is 6.61. The molecule has 2 nitrogen and oxygen atoms in total. The molecule has 1 aliphatic carbocycles. The van der Waals surface area contributed by atoms with E-state index in [4.69, 9.17) is 0 Å². The maximum atomic E-state index is 3.52. The van der Waals surface area contributed by atoms with Crippen molar-refractivity contribution < 1.29 is 0 Å². The highest BCUT2D eigenvalue weighted by Crippen LogP contribution is 2.30. The third kappa shape index (κ3) is 3.21. The van der Waals surface area contributed by atoms with Crippen molar-refractivity contribution in [3.05, 3.63) is 0 Å². The van der Waals surface area contributed by atoms with Crippen molar-refractivity contribution in [1.82, 2.24) is 10.2 Å². The SMILES string of the molecule is CCC1CCC(NC)C(N(C)C(C)CC)C1. The van der Waals surface area contributed by atoms with Gasteiger partial charge in [0.1, 0.15) is 0 Å². The Kier molecular flexibility index (Phi) is 5.77. The summed E-state index contributed by atoms with van der Waals surface area (Å²) < 4.78 is 0. The lowest BCUT2D eigenvalue weighted by atomic mass is 9.80. The third-order valence-electron chi connectivity index (χ3n) is 4.68. The van der Waals surface area contributed by atoms with Crippen LogP contribution in [0, 0.1) is 5.92 Å². The standard InChI is InChI=1S/C14H30N2/c1-6-11(3)16(5)14-10-12(7-2)8-9-13(14)15-4/h11-15H,6-10H2,1-5H3. The molecule has 1 N–H and O–H groups in total. The Labute approximate surface area is 102 Å². The van der Waals surface area contributed by atoms with Gasteiger partial charge in [-0.25, -0.2) is 0 Å². The summed E-state index contributed by atoms with van der Waals surface area (Å²) in [5.41, 5.74) is 0. The first kappa shape index (κ1) is 14.0. The molecule has 0 saturated heterocycles. The van der Waals surface area contributed by atoms with Gasteiger partial charge < -0.3 is 5.32 Å². The Morgan fingerprint density at radius 1 is 1.31 bits per heavy atom. The first-order valence-electron chi connectivity index (χ1n) is 7.03. The third-order valence-corrected chi connectivity index (χ3v) is 4.68. The van der Waals surface area contributed by atoms with E-state index in [1.54, 1.807) is 0 Å². The number of hydrogen-bond donors (Lipinski definition) is 1. The molecule has 0 aromatic heterocycles. The summed E-state index contributed by atoms with van der Waals surface area (Å²) >= 11 is 0. The molecule has 16 heavy (non-hydrogen) atoms. The number of nitrogens with one attached hydrogen (secondary N) is 1. The van der Waals surface area contributed by atoms with Crippen molar-refractivity contribution in [2.75, 3.05) is 14.1 Å². The zero-order chi connectivity index (χ0) is 12.1. The highest BCUT2D eigenvalue weighted by atomic mass is 15.2. The summed E-state index contributed by atoms with van der Waals surface area (Å²) in [6.07, 6.45) is 6.73. The second-order valence-electron chi connectivity index (χ2n) is 5.47. The summed E-state index contributed by atoms with van der Waals surface area (Å²) in [5.74, 6) is 0.945. The maximum Gasteiger partial charge on any atom is 0.0251 e. The summed E-state index contributed by atoms with van der Waals surface area (Å²) in [5, 5.41) is 3.52. The minimum Gasteiger partial charge on any atom is -0.315 e. The van der Waals surface area contributed by atoms with Crippen LogP contribution in [0.25, 0.3) is 0 Å². The highest BCUT2D eigenvalue weighted by molar-refractivity contribution is 4.90. The molecule has 0 heterocycles. The number of hydrogen-bond acceptors (Lipinski definition) is 2. The Bertz CT molecular complexity index is 191. The average Bonchev–Trinajstić information content (AvgIpc) is 2.35. The van der Waals surface area contributed by atoms with Gasteiger partial charge in [0.25, 0.3) is 0 Å². The Morgan fingerprint density at radius 2 is 2.00 bits per heavy atom. The molecular weight excluding hydrogens is 196 g/mol. The van der Waals surface area contributed by atoms with E-state index in [-0.39, 0.29) is 0 Å². The minimum absolute atomic E-state index is 0.696. The molecule has 96 valence electrons. The van der Waals surface area contributed by atoms with Gasteiger partial charge in [-0.3, -0.25) is 4.90 Å². The summed E-state index contributed by atoms with van der Waals surface area (Å²) in [7, 11) is 4.43. The lowest BCUT2D eigenvalue weighted by Gasteiger charge is -2.43. The fraction of sp³-hybridized carbons (Fsp3) is 1.00. The Balaban J connectivity index is 2.63. The van der Waals surface area contributed by atoms with Crippen molar-refractivity contribution in [3.8, 4) is 0 Å². The molecule has 4 atom stereocenters. The fourth-order valence-electron chi connectivity index (χ4n) is 3.00. The van der Waals surface area contributed by atoms with Gasteiger partial charge in [-0.05, 0) is 52.6 Å². The van der Waals surface area contributed by atoms with Gasteiger partial charge in [0.05, 0.1) is 0 Å². The maximum absolute atomic E-state index is 3.52. The largest absolute Gasteiger partial charge is 0.315 e. The minimum atomic E-state index is 0.696. The molecular formula is C14H30N2. The fourth-order valence-corrected chi connectivity index (χ4v) is 3.00. The molecule has 0 aromatic rings. The van der Waals surface area contributed by atoms with Gasteiger partial charge >= 0.3 is 0 Å². The van der Waals surface area contributed by atoms with Gasteiger partial charge in [0.2, 0.25) is 0 Å². The van der Waals surface area contributed by atoms with Crippen LogP contribution >= 0.6 is 0 Å². The van der Waals surface area contributed by atoms with Gasteiger partial charge in [-0.1, -0.05) is 20.3 Å². The van der Waals surface area contributed by atoms with Crippen LogP contribution in [0.3, 0.4) is 0 Å². The van der Waals surface area contributed by atoms with E-state index in [1.165, 1.54) is 32.1 Å². The van der Waals surface area contributed by atoms with Crippen LogP contribution in [0.2, 0.25) is 0 Å². The van der Waals surface area contributed by atoms with Crippen LogP contribution in [0.15, 0.2) is 0 Å². The molecule has 1 rings (SSSR count). The summed E-state index contributed by atoms with van der Waals surface area (Å²) in [6.45, 7) is 6.97. The zero-order valence-corrected chi connectivity index (χ0v) is 11.8. The van der Waals surface area contributed by atoms with E-state index in [9.17, 15) is 0 Å². The van der Waals surface area contributed by atoms with Crippen LogP contribution in [0.5, 0.6) is 0 Å². The molecule has 1 fully saturated rings. The average molecular weight is 226 g/mol. The van der Waals surface area contributed by atoms with Crippen LogP contribution in [0.1, 0.15) is 52.9 Å². The van der Waals surface area contributed by atoms with Crippen molar-refractivity contribution in [3.63, 3.8) is 0 Å². The van der Waals surface area contributed by atoms with E-state index in [0.29, 0.717) is 12.1 Å². The molecule has 2 heteroatoms. The topological polar surface area (TPSA) is 15.3 Å². The molecule has 0 spiro atoms. The van der Waals surface area contributed by atoms with E-state index in [0.717, 1.165) is 12.0 Å². The summed E-state index contributed by atoms with van der Waals surface area (Å²) in [6, 6.07) is 2.14. The summed E-state index contributed by atoms with van der Waals surface area (Å²) in [4.78, 5) is 2.60. The number of rotatable bonds is 5. The zero-order valence-electron chi connectivity index (χ0n) is 11.8. The van der Waals surface area contributed by atoms with Crippen molar-refractivity contribution in [1.29, 1.82) is 0 Å². The predicted molar refractivity (Wildman–Crippen MR) is 71.8 cm³/mol. The first-order valence-corrected chi connectivity index (χ1v) is 7.03. The van der Waals surface area contributed by atoms with Crippen molar-refractivity contribution in [2.24, 2.45) is 5.92 Å². The van der Waals surface area contributed by atoms with E-state index >= 15 is 0 Å². The molecule has 1 aliphatic rings. The van der Waals surface area contributed by atoms with Gasteiger partial charge in [-0.2, -0.15) is 0 Å². The Morgan fingerprint density at radius 3 is 2.50 bits per heavy atom. The number of nitrogens with zero attached hydrogens (tertiary/aromatic N) is 1. The predicted octanol–water partition coefficient (Wildman–Crippen LogP) is 2.88.